The maximum Gasteiger partial charge on any atom is 0.156 e. The largest absolute Gasteiger partial charge is 0.308 e. The molecule has 0 bridgehead atoms. The molecule has 0 aliphatic carbocycles. The maximum atomic E-state index is 14.3. The molecule has 1 N–H and O–H groups in total. The van der Waals surface area contributed by atoms with E-state index < -0.39 is 32.3 Å². The normalized spacial score (nSPS) is 16.6. The van der Waals surface area contributed by atoms with E-state index in [-0.39, 0.29) is 11.6 Å². The molecule has 204 valence electrons. The summed E-state index contributed by atoms with van der Waals surface area (Å²) in [4.78, 5) is 4.14. The predicted molar refractivity (Wildman–Crippen MR) is 150 cm³/mol. The number of likely N-dealkylation sites (N-methyl/N-ethyl adjacent to an activating group) is 1. The molecule has 1 atom stereocenters. The van der Waals surface area contributed by atoms with Crippen molar-refractivity contribution in [2.45, 2.75) is 16.8 Å². The summed E-state index contributed by atoms with van der Waals surface area (Å²) < 4.78 is 55.0. The molecule has 1 fully saturated rings. The number of benzene rings is 3. The third kappa shape index (κ3) is 6.55. The molecule has 10 heteroatoms. The minimum absolute atomic E-state index is 0.0940. The Morgan fingerprint density at radius 2 is 1.37 bits per heavy atom. The zero-order valence-electron chi connectivity index (χ0n) is 21.5. The van der Waals surface area contributed by atoms with Gasteiger partial charge < -0.3 is 10.2 Å². The smallest absolute Gasteiger partial charge is 0.156 e. The van der Waals surface area contributed by atoms with Crippen molar-refractivity contribution in [3.05, 3.63) is 105 Å². The van der Waals surface area contributed by atoms with E-state index in [2.05, 4.69) is 10.2 Å². The van der Waals surface area contributed by atoms with E-state index in [4.69, 9.17) is 23.2 Å². The van der Waals surface area contributed by atoms with E-state index in [0.717, 1.165) is 35.6 Å². The average Bonchev–Trinajstić information content (AvgIpc) is 2.78. The number of hydrogen-bond acceptors (Lipinski definition) is 5. The number of rotatable bonds is 10. The fourth-order valence-electron chi connectivity index (χ4n) is 5.37. The molecule has 1 heterocycles. The molecule has 1 aliphatic rings. The summed E-state index contributed by atoms with van der Waals surface area (Å²) in [6.45, 7) is 1.81. The van der Waals surface area contributed by atoms with Crippen molar-refractivity contribution >= 4 is 33.0 Å². The number of nitrogens with zero attached hydrogens (tertiary/aromatic N) is 2. The Morgan fingerprint density at radius 1 is 0.895 bits per heavy atom. The number of hydrogen-bond donors (Lipinski definition) is 1. The lowest BCUT2D eigenvalue weighted by Crippen LogP contribution is -2.73. The van der Waals surface area contributed by atoms with Crippen molar-refractivity contribution in [2.75, 3.05) is 46.5 Å². The first-order valence-corrected chi connectivity index (χ1v) is 14.9. The molecule has 0 spiro atoms. The van der Waals surface area contributed by atoms with Crippen LogP contribution in [0.15, 0.2) is 66.7 Å². The van der Waals surface area contributed by atoms with Crippen LogP contribution in [0.25, 0.3) is 0 Å². The van der Waals surface area contributed by atoms with E-state index in [1.54, 1.807) is 0 Å². The van der Waals surface area contributed by atoms with Gasteiger partial charge in [0.15, 0.2) is 9.84 Å². The Hall–Kier alpha value is -2.07. The molecule has 1 saturated heterocycles. The quantitative estimate of drug-likeness (QED) is 0.349. The Morgan fingerprint density at radius 3 is 1.79 bits per heavy atom. The summed E-state index contributed by atoms with van der Waals surface area (Å²) in [5, 5.41) is 3.52. The van der Waals surface area contributed by atoms with Gasteiger partial charge in [0.2, 0.25) is 0 Å². The van der Waals surface area contributed by atoms with Gasteiger partial charge in [0.05, 0.1) is 11.6 Å². The molecule has 0 amide bonds. The predicted octanol–water partition coefficient (Wildman–Crippen LogP) is 5.35. The van der Waals surface area contributed by atoms with Crippen molar-refractivity contribution in [3.8, 4) is 0 Å². The van der Waals surface area contributed by atoms with Crippen LogP contribution in [0.4, 0.5) is 8.78 Å². The highest BCUT2D eigenvalue weighted by atomic mass is 35.5. The minimum Gasteiger partial charge on any atom is -0.308 e. The van der Waals surface area contributed by atoms with Crippen molar-refractivity contribution in [1.82, 2.24) is 15.1 Å². The van der Waals surface area contributed by atoms with Crippen LogP contribution in [0.5, 0.6) is 0 Å². The van der Waals surface area contributed by atoms with Gasteiger partial charge in [0, 0.05) is 48.5 Å². The topological polar surface area (TPSA) is 52.7 Å². The van der Waals surface area contributed by atoms with Crippen LogP contribution in [0.2, 0.25) is 10.0 Å². The summed E-state index contributed by atoms with van der Waals surface area (Å²) in [5.74, 6) is -1.62. The molecule has 5 nitrogen and oxygen atoms in total. The first kappa shape index (κ1) is 28.9. The van der Waals surface area contributed by atoms with Crippen molar-refractivity contribution < 1.29 is 17.2 Å². The fraction of sp³-hybridized carbons (Fsp3) is 0.357. The molecule has 3 aromatic carbocycles. The molecule has 1 unspecified atom stereocenters. The number of likely N-dealkylation sites (tertiary alicyclic amines) is 1. The summed E-state index contributed by atoms with van der Waals surface area (Å²) in [6, 6.07) is 17.8. The number of halogens is 4. The van der Waals surface area contributed by atoms with Crippen LogP contribution in [-0.4, -0.2) is 70.3 Å². The first-order chi connectivity index (χ1) is 17.9. The van der Waals surface area contributed by atoms with Crippen LogP contribution in [0.1, 0.15) is 28.0 Å². The molecule has 3 aromatic rings. The second-order valence-electron chi connectivity index (χ2n) is 10.2. The fourth-order valence-corrected chi connectivity index (χ4v) is 7.30. The molecule has 4 rings (SSSR count). The van der Waals surface area contributed by atoms with Gasteiger partial charge in [0.25, 0.3) is 0 Å². The first-order valence-electron chi connectivity index (χ1n) is 12.2. The van der Waals surface area contributed by atoms with Gasteiger partial charge >= 0.3 is 0 Å². The lowest BCUT2D eigenvalue weighted by Gasteiger charge is -2.57. The van der Waals surface area contributed by atoms with E-state index in [1.807, 2.05) is 67.5 Å². The Labute approximate surface area is 233 Å². The zero-order valence-corrected chi connectivity index (χ0v) is 23.8. The Bertz CT molecular complexity index is 1300. The van der Waals surface area contributed by atoms with Gasteiger partial charge in [-0.25, -0.2) is 17.2 Å². The lowest BCUT2D eigenvalue weighted by atomic mass is 9.79. The van der Waals surface area contributed by atoms with Gasteiger partial charge in [0.1, 0.15) is 16.9 Å². The van der Waals surface area contributed by atoms with Crippen molar-refractivity contribution in [1.29, 1.82) is 0 Å². The summed E-state index contributed by atoms with van der Waals surface area (Å²) in [7, 11) is 0.0689. The summed E-state index contributed by atoms with van der Waals surface area (Å²) in [6.07, 6.45) is 1.12. The van der Waals surface area contributed by atoms with Gasteiger partial charge in [-0.1, -0.05) is 47.5 Å². The standard InChI is InChI=1S/C28H31Cl2F2N3O2S/c1-34(2)13-12-33-28(27(38(3,36)37)21-14-24(31)16-25(32)15-21)17-35(18-28)26(19-4-8-22(29)9-5-19)20-6-10-23(30)11-7-20/h4-11,14-16,26-27,33H,12-13,17-18H2,1-3H3. The monoisotopic (exact) mass is 581 g/mol. The second-order valence-corrected chi connectivity index (χ2v) is 13.2. The average molecular weight is 583 g/mol. The summed E-state index contributed by atoms with van der Waals surface area (Å²) >= 11 is 12.3. The van der Waals surface area contributed by atoms with Crippen LogP contribution in [0, 0.1) is 11.6 Å². The van der Waals surface area contributed by atoms with Gasteiger partial charge in [-0.05, 0) is 67.2 Å². The van der Waals surface area contributed by atoms with E-state index >= 15 is 0 Å². The molecular weight excluding hydrogens is 551 g/mol. The number of sulfone groups is 1. The molecule has 0 radical (unpaired) electrons. The summed E-state index contributed by atoms with van der Waals surface area (Å²) in [5.41, 5.74) is 1.08. The zero-order chi connectivity index (χ0) is 27.7. The van der Waals surface area contributed by atoms with E-state index in [9.17, 15) is 17.2 Å². The van der Waals surface area contributed by atoms with Crippen molar-refractivity contribution in [2.24, 2.45) is 0 Å². The SMILES string of the molecule is CN(C)CCNC1(C(c2cc(F)cc(F)c2)S(C)(=O)=O)CN(C(c2ccc(Cl)cc2)c2ccc(Cl)cc2)C1. The second kappa shape index (κ2) is 11.6. The molecule has 0 aromatic heterocycles. The van der Waals surface area contributed by atoms with Gasteiger partial charge in [-0.15, -0.1) is 0 Å². The molecular formula is C28H31Cl2F2N3O2S. The lowest BCUT2D eigenvalue weighted by molar-refractivity contribution is 0.0125. The highest BCUT2D eigenvalue weighted by Crippen LogP contribution is 2.45. The highest BCUT2D eigenvalue weighted by molar-refractivity contribution is 7.91. The molecule has 38 heavy (non-hydrogen) atoms. The molecule has 1 aliphatic heterocycles. The molecule has 0 saturated carbocycles. The number of nitrogens with one attached hydrogen (secondary N) is 1. The van der Waals surface area contributed by atoms with Crippen molar-refractivity contribution in [3.63, 3.8) is 0 Å². The van der Waals surface area contributed by atoms with Crippen LogP contribution in [-0.2, 0) is 9.84 Å². The highest BCUT2D eigenvalue weighted by Gasteiger charge is 2.55. The van der Waals surface area contributed by atoms with E-state index in [0.29, 0.717) is 36.2 Å². The third-order valence-corrected chi connectivity index (χ3v) is 8.94. The van der Waals surface area contributed by atoms with Crippen LogP contribution in [0.3, 0.4) is 0 Å². The maximum absolute atomic E-state index is 14.3. The van der Waals surface area contributed by atoms with Crippen LogP contribution < -0.4 is 5.32 Å². The minimum atomic E-state index is -3.78. The Balaban J connectivity index is 1.76. The Kier molecular flexibility index (Phi) is 8.81. The van der Waals surface area contributed by atoms with Crippen LogP contribution >= 0.6 is 23.2 Å². The van der Waals surface area contributed by atoms with Gasteiger partial charge in [-0.2, -0.15) is 0 Å². The van der Waals surface area contributed by atoms with E-state index in [1.165, 1.54) is 0 Å². The third-order valence-electron chi connectivity index (χ3n) is 6.86. The van der Waals surface area contributed by atoms with Gasteiger partial charge in [-0.3, -0.25) is 4.90 Å².